The maximum absolute atomic E-state index is 11.0. The second-order valence-electron chi connectivity index (χ2n) is 5.13. The molecule has 136 valence electrons. The maximum atomic E-state index is 11.0. The molecule has 0 aliphatic carbocycles. The Morgan fingerprint density at radius 3 is 2.58 bits per heavy atom. The molecule has 0 atom stereocenters. The highest BCUT2D eigenvalue weighted by Crippen LogP contribution is 2.24. The molecule has 1 amide bonds. The van der Waals surface area contributed by atoms with Crippen LogP contribution in [0, 0.1) is 6.92 Å². The Hall–Kier alpha value is -2.91. The number of guanidine groups is 1. The minimum absolute atomic E-state index is 0.152. The summed E-state index contributed by atoms with van der Waals surface area (Å²) in [5, 5.41) is 9.00. The van der Waals surface area contributed by atoms with Crippen LogP contribution in [0.2, 0.25) is 5.02 Å². The molecule has 0 saturated heterocycles. The number of hydrogen-bond acceptors (Lipinski definition) is 6. The van der Waals surface area contributed by atoms with E-state index in [1.807, 2.05) is 25.1 Å². The Labute approximate surface area is 159 Å². The summed E-state index contributed by atoms with van der Waals surface area (Å²) in [6.45, 7) is 3.22. The van der Waals surface area contributed by atoms with E-state index in [9.17, 15) is 4.79 Å². The van der Waals surface area contributed by atoms with Crippen LogP contribution in [-0.2, 0) is 4.79 Å². The summed E-state index contributed by atoms with van der Waals surface area (Å²) in [7, 11) is 0. The van der Waals surface area contributed by atoms with Crippen LogP contribution in [0.5, 0.6) is 0 Å². The summed E-state index contributed by atoms with van der Waals surface area (Å²) in [5.41, 5.74) is 18.1. The molecule has 1 aromatic carbocycles. The number of nitrogens with one attached hydrogen (secondary N) is 2. The number of amides is 1. The number of carbonyl (C=O) groups excluding carboxylic acids is 1. The number of carbonyl (C=O) groups is 1. The van der Waals surface area contributed by atoms with Gasteiger partial charge in [-0.25, -0.2) is 4.98 Å². The van der Waals surface area contributed by atoms with Gasteiger partial charge in [0, 0.05) is 11.9 Å². The Balaban J connectivity index is 2.33. The van der Waals surface area contributed by atoms with Crippen molar-refractivity contribution in [2.24, 2.45) is 21.7 Å². The fourth-order valence-electron chi connectivity index (χ4n) is 1.84. The molecular formula is C16H18ClN7OS. The van der Waals surface area contributed by atoms with Crippen molar-refractivity contribution in [2.45, 2.75) is 13.8 Å². The van der Waals surface area contributed by atoms with Crippen LogP contribution >= 0.6 is 22.9 Å². The molecule has 0 radical (unpaired) electrons. The minimum Gasteiger partial charge on any atom is -0.369 e. The van der Waals surface area contributed by atoms with Crippen molar-refractivity contribution < 1.29 is 4.79 Å². The van der Waals surface area contributed by atoms with Gasteiger partial charge in [-0.3, -0.25) is 15.6 Å². The third-order valence-corrected chi connectivity index (χ3v) is 4.30. The fraction of sp³-hybridized carbons (Fsp3) is 0.125. The average Bonchev–Trinajstić information content (AvgIpc) is 2.95. The molecule has 0 saturated carbocycles. The van der Waals surface area contributed by atoms with Crippen molar-refractivity contribution in [3.8, 4) is 0 Å². The second-order valence-corrected chi connectivity index (χ2v) is 6.57. The van der Waals surface area contributed by atoms with Gasteiger partial charge in [-0.05, 0) is 30.7 Å². The Kier molecular flexibility index (Phi) is 6.70. The van der Waals surface area contributed by atoms with Crippen LogP contribution in [0.15, 0.2) is 40.5 Å². The van der Waals surface area contributed by atoms with Gasteiger partial charge in [-0.2, -0.15) is 0 Å². The number of thiazole rings is 1. The number of halogens is 1. The van der Waals surface area contributed by atoms with Gasteiger partial charge in [0.15, 0.2) is 0 Å². The normalized spacial score (nSPS) is 11.4. The average molecular weight is 392 g/mol. The minimum atomic E-state index is -0.226. The molecule has 0 spiro atoms. The highest BCUT2D eigenvalue weighted by molar-refractivity contribution is 7.17. The van der Waals surface area contributed by atoms with E-state index in [2.05, 4.69) is 26.0 Å². The molecule has 1 heterocycles. The summed E-state index contributed by atoms with van der Waals surface area (Å²) in [5.74, 6) is -0.377. The van der Waals surface area contributed by atoms with E-state index in [0.717, 1.165) is 10.4 Å². The van der Waals surface area contributed by atoms with Crippen molar-refractivity contribution in [1.82, 2.24) is 10.4 Å². The first-order valence-corrected chi connectivity index (χ1v) is 8.65. The van der Waals surface area contributed by atoms with E-state index < -0.39 is 0 Å². The lowest BCUT2D eigenvalue weighted by Gasteiger charge is -2.00. The molecule has 1 aromatic heterocycles. The number of allylic oxidation sites excluding steroid dienone is 1. The van der Waals surface area contributed by atoms with Crippen molar-refractivity contribution in [2.75, 3.05) is 5.43 Å². The van der Waals surface area contributed by atoms with E-state index in [4.69, 9.17) is 23.1 Å². The van der Waals surface area contributed by atoms with Gasteiger partial charge in [-0.15, -0.1) is 10.2 Å². The molecule has 2 rings (SSSR count). The van der Waals surface area contributed by atoms with Gasteiger partial charge in [0.05, 0.1) is 10.6 Å². The topological polar surface area (TPSA) is 131 Å². The molecule has 8 nitrogen and oxygen atoms in total. The first-order chi connectivity index (χ1) is 12.3. The number of aromatic nitrogens is 1. The lowest BCUT2D eigenvalue weighted by atomic mass is 10.1. The molecule has 0 fully saturated rings. The summed E-state index contributed by atoms with van der Waals surface area (Å²) in [6.07, 6.45) is 3.63. The van der Waals surface area contributed by atoms with Crippen molar-refractivity contribution in [3.63, 3.8) is 0 Å². The van der Waals surface area contributed by atoms with Crippen LogP contribution in [0.25, 0.3) is 6.08 Å². The van der Waals surface area contributed by atoms with Gasteiger partial charge < -0.3 is 11.5 Å². The van der Waals surface area contributed by atoms with Crippen LogP contribution in [0.1, 0.15) is 23.1 Å². The predicted octanol–water partition coefficient (Wildman–Crippen LogP) is 2.26. The van der Waals surface area contributed by atoms with Crippen LogP contribution in [0.4, 0.5) is 5.13 Å². The molecule has 6 N–H and O–H groups in total. The van der Waals surface area contributed by atoms with E-state index in [0.29, 0.717) is 21.6 Å². The number of rotatable bonds is 6. The smallest absolute Gasteiger partial charge is 0.235 e. The van der Waals surface area contributed by atoms with Crippen LogP contribution < -0.4 is 22.3 Å². The first-order valence-electron chi connectivity index (χ1n) is 7.46. The molecule has 0 unspecified atom stereocenters. The number of nitrogens with zero attached hydrogens (tertiary/aromatic N) is 3. The second kappa shape index (κ2) is 8.97. The van der Waals surface area contributed by atoms with Crippen molar-refractivity contribution in [3.05, 3.63) is 51.5 Å². The van der Waals surface area contributed by atoms with E-state index in [1.54, 1.807) is 18.2 Å². The Morgan fingerprint density at radius 1 is 1.27 bits per heavy atom. The molecule has 2 aromatic rings. The van der Waals surface area contributed by atoms with Gasteiger partial charge >= 0.3 is 0 Å². The summed E-state index contributed by atoms with van der Waals surface area (Å²) >= 11 is 7.20. The number of nitrogens with two attached hydrogens (primary N) is 2. The zero-order valence-electron chi connectivity index (χ0n) is 14.2. The van der Waals surface area contributed by atoms with E-state index in [-0.39, 0.29) is 11.9 Å². The summed E-state index contributed by atoms with van der Waals surface area (Å²) in [4.78, 5) is 16.1. The summed E-state index contributed by atoms with van der Waals surface area (Å²) in [6, 6.07) is 7.34. The fourth-order valence-corrected chi connectivity index (χ4v) is 2.85. The number of hydrogen-bond donors (Lipinski definition) is 4. The standard InChI is InChI=1S/C16H18ClN7OS/c1-9-14(26-16(20-9)24-21-10(2)25)13(22-23-15(18)19)8-5-11-3-6-12(17)7-4-11/h3-8H,1-2H3,(H,20,24)(H,21,25)(H4,18,19,23). The quantitative estimate of drug-likeness (QED) is 0.341. The van der Waals surface area contributed by atoms with E-state index >= 15 is 0 Å². The summed E-state index contributed by atoms with van der Waals surface area (Å²) < 4.78 is 0. The Morgan fingerprint density at radius 2 is 1.96 bits per heavy atom. The number of benzene rings is 1. The maximum Gasteiger partial charge on any atom is 0.235 e. The van der Waals surface area contributed by atoms with Crippen LogP contribution in [0.3, 0.4) is 0 Å². The Bertz CT molecular complexity index is 867. The van der Waals surface area contributed by atoms with E-state index in [1.165, 1.54) is 18.3 Å². The molecule has 10 heteroatoms. The predicted molar refractivity (Wildman–Crippen MR) is 107 cm³/mol. The molecule has 0 aliphatic heterocycles. The van der Waals surface area contributed by atoms with Gasteiger partial charge in [0.1, 0.15) is 5.71 Å². The van der Waals surface area contributed by atoms with Crippen molar-refractivity contribution in [1.29, 1.82) is 0 Å². The number of hydrazine groups is 1. The molecule has 0 bridgehead atoms. The lowest BCUT2D eigenvalue weighted by Crippen LogP contribution is -2.26. The van der Waals surface area contributed by atoms with Crippen molar-refractivity contribution >= 4 is 51.7 Å². The first kappa shape index (κ1) is 19.4. The third kappa shape index (κ3) is 5.87. The van der Waals surface area contributed by atoms with Gasteiger partial charge in [0.2, 0.25) is 17.0 Å². The van der Waals surface area contributed by atoms with Crippen LogP contribution in [-0.4, -0.2) is 22.6 Å². The number of aryl methyl sites for hydroxylation is 1. The van der Waals surface area contributed by atoms with Gasteiger partial charge in [0.25, 0.3) is 0 Å². The SMILES string of the molecule is CC(=O)NNc1nc(C)c(C(C=Cc2ccc(Cl)cc2)=NN=C(N)N)s1. The highest BCUT2D eigenvalue weighted by Gasteiger charge is 2.12. The molecular weight excluding hydrogens is 374 g/mol. The number of anilines is 1. The zero-order valence-corrected chi connectivity index (χ0v) is 15.7. The zero-order chi connectivity index (χ0) is 19.1. The van der Waals surface area contributed by atoms with Gasteiger partial charge in [-0.1, -0.05) is 41.1 Å². The molecule has 0 aliphatic rings. The lowest BCUT2D eigenvalue weighted by molar-refractivity contribution is -0.118. The third-order valence-electron chi connectivity index (χ3n) is 2.95. The molecule has 26 heavy (non-hydrogen) atoms. The monoisotopic (exact) mass is 391 g/mol. The largest absolute Gasteiger partial charge is 0.369 e. The highest BCUT2D eigenvalue weighted by atomic mass is 35.5.